The molecular formula is C39H51N5O9S. The maximum absolute atomic E-state index is 14.7. The van der Waals surface area contributed by atoms with E-state index < -0.39 is 80.2 Å². The van der Waals surface area contributed by atoms with Gasteiger partial charge in [0.25, 0.3) is 5.91 Å². The third-order valence-corrected chi connectivity index (χ3v) is 13.7. The van der Waals surface area contributed by atoms with Crippen molar-refractivity contribution in [1.29, 1.82) is 0 Å². The monoisotopic (exact) mass is 765 g/mol. The minimum absolute atomic E-state index is 0.0645. The van der Waals surface area contributed by atoms with Gasteiger partial charge >= 0.3 is 12.2 Å². The third-order valence-electron chi connectivity index (χ3n) is 11.9. The lowest BCUT2D eigenvalue weighted by Gasteiger charge is -2.35. The molecule has 3 aliphatic carbocycles. The summed E-state index contributed by atoms with van der Waals surface area (Å²) in [5, 5.41) is 4.98. The van der Waals surface area contributed by atoms with Gasteiger partial charge in [-0.05, 0) is 61.1 Å². The minimum atomic E-state index is -3.91. The number of nitrogens with one attached hydrogen (secondary N) is 3. The van der Waals surface area contributed by atoms with E-state index in [9.17, 15) is 32.4 Å². The second kappa shape index (κ2) is 14.7. The van der Waals surface area contributed by atoms with Crippen molar-refractivity contribution in [3.05, 3.63) is 53.6 Å². The van der Waals surface area contributed by atoms with E-state index in [4.69, 9.17) is 9.47 Å². The van der Waals surface area contributed by atoms with E-state index in [0.717, 1.165) is 36.0 Å². The van der Waals surface area contributed by atoms with Gasteiger partial charge in [-0.15, -0.1) is 6.58 Å². The molecule has 6 aliphatic rings. The first-order chi connectivity index (χ1) is 25.7. The molecule has 3 saturated carbocycles. The summed E-state index contributed by atoms with van der Waals surface area (Å²) in [7, 11) is -3.91. The zero-order valence-electron chi connectivity index (χ0n) is 31.0. The zero-order valence-corrected chi connectivity index (χ0v) is 31.8. The van der Waals surface area contributed by atoms with E-state index in [1.807, 2.05) is 44.2 Å². The molecule has 1 aromatic carbocycles. The van der Waals surface area contributed by atoms with Crippen LogP contribution in [0.25, 0.3) is 6.08 Å². The second-order valence-corrected chi connectivity index (χ2v) is 18.6. The Balaban J connectivity index is 1.18. The smallest absolute Gasteiger partial charge is 0.410 e. The van der Waals surface area contributed by atoms with Crippen molar-refractivity contribution < 1.29 is 41.9 Å². The van der Waals surface area contributed by atoms with Gasteiger partial charge in [0.05, 0.1) is 24.9 Å². The fraction of sp³-hybridized carbons (Fsp3) is 0.615. The highest BCUT2D eigenvalue weighted by Gasteiger charge is 2.62. The van der Waals surface area contributed by atoms with E-state index in [2.05, 4.69) is 21.9 Å². The Morgan fingerprint density at radius 3 is 2.52 bits per heavy atom. The molecule has 3 aliphatic heterocycles. The molecule has 3 heterocycles. The van der Waals surface area contributed by atoms with Gasteiger partial charge in [-0.25, -0.2) is 18.0 Å². The number of carbonyl (C=O) groups is 5. The quantitative estimate of drug-likeness (QED) is 0.347. The number of nitrogens with zero attached hydrogens (tertiary/aromatic N) is 2. The number of fused-ring (bicyclic) bond motifs is 3. The molecule has 292 valence electrons. The standard InChI is InChI=1S/C39H51N5O9S/c1-4-27-19-39(27,35(47)42-54(50,51)29-15-16-29)41-33(45)31-18-28-21-44(31)34(46)32(25-10-6-5-7-11-25)40-36(48)52-23-38(2,3)17-9-14-24-12-8-13-26-20-43(22-30(24)26)37(49)53-28/h4,8-9,12-14,25,27-29,31-32H,1,5-7,10-11,15-23H2,2-3H3,(H,40,48)(H,41,45)(H,42,47)/t27-,28-,31+,32+,39-/m1/s1. The number of amides is 5. The maximum atomic E-state index is 14.7. The summed E-state index contributed by atoms with van der Waals surface area (Å²) in [6, 6.07) is 3.70. The number of carbonyl (C=O) groups excluding carboxylic acids is 5. The van der Waals surface area contributed by atoms with Crippen LogP contribution < -0.4 is 15.4 Å². The highest BCUT2D eigenvalue weighted by atomic mass is 32.2. The summed E-state index contributed by atoms with van der Waals surface area (Å²) in [4.78, 5) is 72.5. The Kier molecular flexibility index (Phi) is 10.3. The summed E-state index contributed by atoms with van der Waals surface area (Å²) in [6.07, 6.45) is 9.05. The van der Waals surface area contributed by atoms with Gasteiger partial charge in [-0.3, -0.25) is 24.0 Å². The normalized spacial score (nSPS) is 30.2. The molecular weight excluding hydrogens is 715 g/mol. The molecule has 15 heteroatoms. The van der Waals surface area contributed by atoms with Crippen LogP contribution in [0.3, 0.4) is 0 Å². The average molecular weight is 766 g/mol. The Hall–Kier alpha value is -4.40. The Bertz CT molecular complexity index is 1850. The largest absolute Gasteiger partial charge is 0.449 e. The zero-order chi connectivity index (χ0) is 38.4. The topological polar surface area (TPSA) is 181 Å². The number of benzene rings is 1. The number of sulfonamides is 1. The van der Waals surface area contributed by atoms with Crippen LogP contribution in [0.2, 0.25) is 0 Å². The maximum Gasteiger partial charge on any atom is 0.410 e. The fourth-order valence-corrected chi connectivity index (χ4v) is 9.73. The van der Waals surface area contributed by atoms with Crippen LogP contribution in [-0.2, 0) is 47.0 Å². The van der Waals surface area contributed by atoms with Crippen LogP contribution in [-0.4, -0.2) is 90.3 Å². The van der Waals surface area contributed by atoms with Gasteiger partial charge in [-0.1, -0.05) is 69.5 Å². The van der Waals surface area contributed by atoms with Crippen LogP contribution >= 0.6 is 0 Å². The highest BCUT2D eigenvalue weighted by molar-refractivity contribution is 7.91. The fourth-order valence-electron chi connectivity index (χ4n) is 8.37. The van der Waals surface area contributed by atoms with Crippen molar-refractivity contribution in [1.82, 2.24) is 25.2 Å². The number of alkyl carbamates (subject to hydrolysis) is 1. The van der Waals surface area contributed by atoms with Gasteiger partial charge in [0.1, 0.15) is 23.7 Å². The van der Waals surface area contributed by atoms with Crippen molar-refractivity contribution in [3.63, 3.8) is 0 Å². The number of hydrogen-bond donors (Lipinski definition) is 3. The van der Waals surface area contributed by atoms with Crippen LogP contribution in [0.15, 0.2) is 36.9 Å². The summed E-state index contributed by atoms with van der Waals surface area (Å²) in [6.45, 7) is 8.40. The van der Waals surface area contributed by atoms with E-state index in [0.29, 0.717) is 45.2 Å². The highest BCUT2D eigenvalue weighted by Crippen LogP contribution is 2.45. The van der Waals surface area contributed by atoms with Crippen molar-refractivity contribution in [2.24, 2.45) is 17.3 Å². The first kappa shape index (κ1) is 37.9. The van der Waals surface area contributed by atoms with Crippen molar-refractivity contribution >= 4 is 46.0 Å². The van der Waals surface area contributed by atoms with Crippen molar-refractivity contribution in [2.75, 3.05) is 13.2 Å². The van der Waals surface area contributed by atoms with Gasteiger partial charge in [0, 0.05) is 24.3 Å². The SMILES string of the molecule is C=C[C@@H]1C[C@]1(NC(=O)[C@@H]1C[C@@H]2CN1C(=O)[C@H](C1CCCCC1)NC(=O)OCC(C)(C)CC=Cc1cccc3c1CN(C3)C(=O)O2)C(=O)NS(=O)(=O)C1CC1. The van der Waals surface area contributed by atoms with Gasteiger partial charge in [0.15, 0.2) is 0 Å². The van der Waals surface area contributed by atoms with E-state index in [-0.39, 0.29) is 31.9 Å². The third kappa shape index (κ3) is 7.87. The predicted molar refractivity (Wildman–Crippen MR) is 198 cm³/mol. The molecule has 0 unspecified atom stereocenters. The van der Waals surface area contributed by atoms with Crippen LogP contribution in [0, 0.1) is 17.3 Å². The second-order valence-electron chi connectivity index (χ2n) is 16.6. The molecule has 1 aromatic rings. The number of rotatable bonds is 7. The van der Waals surface area contributed by atoms with Crippen LogP contribution in [0.5, 0.6) is 0 Å². The lowest BCUT2D eigenvalue weighted by molar-refractivity contribution is -0.142. The van der Waals surface area contributed by atoms with Crippen LogP contribution in [0.1, 0.15) is 94.7 Å². The Morgan fingerprint density at radius 1 is 1.06 bits per heavy atom. The van der Waals surface area contributed by atoms with Gasteiger partial charge in [0.2, 0.25) is 21.8 Å². The summed E-state index contributed by atoms with van der Waals surface area (Å²) in [5.41, 5.74) is 0.974. The number of ether oxygens (including phenoxy) is 2. The van der Waals surface area contributed by atoms with Gasteiger partial charge < -0.3 is 25.0 Å². The predicted octanol–water partition coefficient (Wildman–Crippen LogP) is 3.90. The number of allylic oxidation sites excluding steroid dienone is 1. The Labute approximate surface area is 316 Å². The molecule has 0 spiro atoms. The molecule has 7 rings (SSSR count). The molecule has 4 bridgehead atoms. The molecule has 5 amide bonds. The van der Waals surface area contributed by atoms with E-state index in [1.165, 1.54) is 11.0 Å². The first-order valence-electron chi connectivity index (χ1n) is 19.2. The summed E-state index contributed by atoms with van der Waals surface area (Å²) >= 11 is 0. The molecule has 5 atom stereocenters. The van der Waals surface area contributed by atoms with E-state index >= 15 is 0 Å². The molecule has 14 nitrogen and oxygen atoms in total. The number of hydrogen-bond acceptors (Lipinski definition) is 9. The minimum Gasteiger partial charge on any atom is -0.449 e. The Morgan fingerprint density at radius 2 is 1.81 bits per heavy atom. The first-order valence-corrected chi connectivity index (χ1v) is 20.7. The molecule has 4 fully saturated rings. The van der Waals surface area contributed by atoms with Gasteiger partial charge in [-0.2, -0.15) is 0 Å². The molecule has 1 saturated heterocycles. The summed E-state index contributed by atoms with van der Waals surface area (Å²) in [5.74, 6) is -2.81. The molecule has 0 radical (unpaired) electrons. The van der Waals surface area contributed by atoms with Crippen molar-refractivity contribution in [3.8, 4) is 0 Å². The van der Waals surface area contributed by atoms with Crippen molar-refractivity contribution in [2.45, 2.75) is 120 Å². The average Bonchev–Trinajstić information content (AvgIpc) is 4.03. The number of cyclic esters (lactones) is 1. The molecule has 54 heavy (non-hydrogen) atoms. The summed E-state index contributed by atoms with van der Waals surface area (Å²) < 4.78 is 39.3. The van der Waals surface area contributed by atoms with Crippen LogP contribution in [0.4, 0.5) is 9.59 Å². The molecule has 3 N–H and O–H groups in total. The van der Waals surface area contributed by atoms with E-state index in [1.54, 1.807) is 4.90 Å². The molecule has 0 aromatic heterocycles. The lowest BCUT2D eigenvalue weighted by Crippen LogP contribution is -2.59. The lowest BCUT2D eigenvalue weighted by atomic mass is 9.83.